The van der Waals surface area contributed by atoms with Crippen molar-refractivity contribution in [3.05, 3.63) is 0 Å². The summed E-state index contributed by atoms with van der Waals surface area (Å²) in [6, 6.07) is 0. The second kappa shape index (κ2) is 8.02. The van der Waals surface area contributed by atoms with E-state index in [2.05, 4.69) is 16.8 Å². The second-order valence-corrected chi connectivity index (χ2v) is 5.37. The Morgan fingerprint density at radius 1 is 1.00 bits per heavy atom. The van der Waals surface area contributed by atoms with Crippen molar-refractivity contribution in [2.24, 2.45) is 5.73 Å². The Labute approximate surface area is 109 Å². The maximum atomic E-state index is 12.9. The molecular weight excluding hydrogens is 236 g/mol. The highest BCUT2D eigenvalue weighted by Gasteiger charge is 2.25. The number of rotatable bonds is 8. The molecule has 18 heavy (non-hydrogen) atoms. The molecule has 0 bridgehead atoms. The third-order valence-corrected chi connectivity index (χ3v) is 3.66. The molecule has 2 N–H and O–H groups in total. The summed E-state index contributed by atoms with van der Waals surface area (Å²) in [5.41, 5.74) is 5.00. The summed E-state index contributed by atoms with van der Waals surface area (Å²) in [5.74, 6) is -2.66. The van der Waals surface area contributed by atoms with E-state index in [9.17, 15) is 8.78 Å². The summed E-state index contributed by atoms with van der Waals surface area (Å²) < 4.78 is 25.7. The molecule has 0 unspecified atom stereocenters. The molecule has 1 fully saturated rings. The molecule has 1 rings (SSSR count). The van der Waals surface area contributed by atoms with Crippen LogP contribution >= 0.6 is 0 Å². The Kier molecular flexibility index (Phi) is 7.04. The van der Waals surface area contributed by atoms with Gasteiger partial charge in [0.1, 0.15) is 0 Å². The van der Waals surface area contributed by atoms with Crippen molar-refractivity contribution in [1.29, 1.82) is 0 Å². The number of hydrogen-bond acceptors (Lipinski definition) is 3. The molecular formula is C13H27F2N3. The standard InChI is InChI=1S/C13H27F2N3/c1-17-8-10-18(11-9-17)7-5-3-2-4-6-13(14,15)12-16/h2-12,16H2,1H3. The molecule has 0 saturated carbocycles. The number of alkyl halides is 2. The van der Waals surface area contributed by atoms with E-state index in [0.29, 0.717) is 6.42 Å². The van der Waals surface area contributed by atoms with Crippen LogP contribution in [0.25, 0.3) is 0 Å². The zero-order valence-electron chi connectivity index (χ0n) is 11.5. The highest BCUT2D eigenvalue weighted by molar-refractivity contribution is 4.69. The average Bonchev–Trinajstić information content (AvgIpc) is 2.36. The minimum absolute atomic E-state index is 0.0575. The summed E-state index contributed by atoms with van der Waals surface area (Å²) in [6.07, 6.45) is 3.60. The van der Waals surface area contributed by atoms with Crippen LogP contribution in [0.15, 0.2) is 0 Å². The van der Waals surface area contributed by atoms with Gasteiger partial charge in [-0.05, 0) is 26.4 Å². The molecule has 0 amide bonds. The van der Waals surface area contributed by atoms with Crippen molar-refractivity contribution in [2.45, 2.75) is 38.0 Å². The molecule has 5 heteroatoms. The quantitative estimate of drug-likeness (QED) is 0.678. The molecule has 0 atom stereocenters. The van der Waals surface area contributed by atoms with Gasteiger partial charge in [-0.1, -0.05) is 12.8 Å². The van der Waals surface area contributed by atoms with Crippen molar-refractivity contribution in [3.63, 3.8) is 0 Å². The molecule has 1 saturated heterocycles. The molecule has 0 spiro atoms. The number of hydrogen-bond donors (Lipinski definition) is 1. The van der Waals surface area contributed by atoms with Crippen LogP contribution in [-0.2, 0) is 0 Å². The average molecular weight is 263 g/mol. The van der Waals surface area contributed by atoms with E-state index in [1.807, 2.05) is 0 Å². The van der Waals surface area contributed by atoms with Gasteiger partial charge in [0, 0.05) is 32.6 Å². The van der Waals surface area contributed by atoms with Crippen molar-refractivity contribution >= 4 is 0 Å². The lowest BCUT2D eigenvalue weighted by molar-refractivity contribution is -0.000390. The molecule has 1 aliphatic rings. The van der Waals surface area contributed by atoms with Gasteiger partial charge in [-0.2, -0.15) is 0 Å². The molecule has 0 aliphatic carbocycles. The Morgan fingerprint density at radius 3 is 2.22 bits per heavy atom. The van der Waals surface area contributed by atoms with E-state index in [1.54, 1.807) is 0 Å². The third kappa shape index (κ3) is 6.61. The summed E-state index contributed by atoms with van der Waals surface area (Å²) in [6.45, 7) is 5.16. The fraction of sp³-hybridized carbons (Fsp3) is 1.00. The predicted molar refractivity (Wildman–Crippen MR) is 71.0 cm³/mol. The lowest BCUT2D eigenvalue weighted by atomic mass is 10.1. The van der Waals surface area contributed by atoms with Gasteiger partial charge in [-0.3, -0.25) is 0 Å². The van der Waals surface area contributed by atoms with Crippen molar-refractivity contribution < 1.29 is 8.78 Å². The molecule has 108 valence electrons. The largest absolute Gasteiger partial charge is 0.325 e. The molecule has 3 nitrogen and oxygen atoms in total. The first kappa shape index (κ1) is 15.8. The number of likely N-dealkylation sites (N-methyl/N-ethyl adjacent to an activating group) is 1. The SMILES string of the molecule is CN1CCN(CCCCCCC(F)(F)CN)CC1. The third-order valence-electron chi connectivity index (χ3n) is 3.66. The summed E-state index contributed by atoms with van der Waals surface area (Å²) in [5, 5.41) is 0. The van der Waals surface area contributed by atoms with Crippen LogP contribution in [0.3, 0.4) is 0 Å². The van der Waals surface area contributed by atoms with Crippen LogP contribution in [0.2, 0.25) is 0 Å². The highest BCUT2D eigenvalue weighted by atomic mass is 19.3. The van der Waals surface area contributed by atoms with Crippen LogP contribution in [0, 0.1) is 0 Å². The van der Waals surface area contributed by atoms with Gasteiger partial charge >= 0.3 is 0 Å². The van der Waals surface area contributed by atoms with E-state index < -0.39 is 12.5 Å². The van der Waals surface area contributed by atoms with Crippen LogP contribution in [0.4, 0.5) is 8.78 Å². The van der Waals surface area contributed by atoms with Gasteiger partial charge in [-0.15, -0.1) is 0 Å². The van der Waals surface area contributed by atoms with Crippen LogP contribution in [-0.4, -0.2) is 62.0 Å². The van der Waals surface area contributed by atoms with Gasteiger partial charge in [0.15, 0.2) is 0 Å². The van der Waals surface area contributed by atoms with Gasteiger partial charge in [0.25, 0.3) is 5.92 Å². The van der Waals surface area contributed by atoms with E-state index >= 15 is 0 Å². The van der Waals surface area contributed by atoms with E-state index in [1.165, 1.54) is 0 Å². The topological polar surface area (TPSA) is 32.5 Å². The Balaban J connectivity index is 1.93. The minimum Gasteiger partial charge on any atom is -0.325 e. The lowest BCUT2D eigenvalue weighted by Gasteiger charge is -2.32. The monoisotopic (exact) mass is 263 g/mol. The predicted octanol–water partition coefficient (Wildman–Crippen LogP) is 1.78. The van der Waals surface area contributed by atoms with Gasteiger partial charge in [0.2, 0.25) is 0 Å². The molecule has 0 aromatic carbocycles. The minimum atomic E-state index is -2.66. The zero-order chi connectivity index (χ0) is 13.4. The molecule has 0 aromatic rings. The summed E-state index contributed by atoms with van der Waals surface area (Å²) in [7, 11) is 2.15. The number of nitrogens with zero attached hydrogens (tertiary/aromatic N) is 2. The lowest BCUT2D eigenvalue weighted by Crippen LogP contribution is -2.44. The van der Waals surface area contributed by atoms with Crippen LogP contribution < -0.4 is 5.73 Å². The van der Waals surface area contributed by atoms with E-state index in [-0.39, 0.29) is 6.42 Å². The van der Waals surface area contributed by atoms with Crippen molar-refractivity contribution in [2.75, 3.05) is 46.3 Å². The maximum Gasteiger partial charge on any atom is 0.260 e. The smallest absolute Gasteiger partial charge is 0.260 e. The molecule has 1 heterocycles. The van der Waals surface area contributed by atoms with Gasteiger partial charge < -0.3 is 15.5 Å². The molecule has 1 aliphatic heterocycles. The molecule has 0 radical (unpaired) electrons. The Bertz CT molecular complexity index is 216. The fourth-order valence-corrected chi connectivity index (χ4v) is 2.25. The van der Waals surface area contributed by atoms with Gasteiger partial charge in [0.05, 0.1) is 6.54 Å². The first-order valence-electron chi connectivity index (χ1n) is 7.02. The normalized spacial score (nSPS) is 19.3. The van der Waals surface area contributed by atoms with Crippen LogP contribution in [0.1, 0.15) is 32.1 Å². The first-order chi connectivity index (χ1) is 8.53. The maximum absolute atomic E-state index is 12.9. The van der Waals surface area contributed by atoms with Gasteiger partial charge in [-0.25, -0.2) is 8.78 Å². The summed E-state index contributed by atoms with van der Waals surface area (Å²) >= 11 is 0. The fourth-order valence-electron chi connectivity index (χ4n) is 2.25. The van der Waals surface area contributed by atoms with Crippen LogP contribution in [0.5, 0.6) is 0 Å². The van der Waals surface area contributed by atoms with Crippen molar-refractivity contribution in [3.8, 4) is 0 Å². The highest BCUT2D eigenvalue weighted by Crippen LogP contribution is 2.20. The summed E-state index contributed by atoms with van der Waals surface area (Å²) in [4.78, 5) is 4.81. The zero-order valence-corrected chi connectivity index (χ0v) is 11.5. The van der Waals surface area contributed by atoms with Crippen molar-refractivity contribution in [1.82, 2.24) is 9.80 Å². The number of unbranched alkanes of at least 4 members (excludes halogenated alkanes) is 3. The Morgan fingerprint density at radius 2 is 1.61 bits per heavy atom. The van der Waals surface area contributed by atoms with E-state index in [4.69, 9.17) is 5.73 Å². The first-order valence-corrected chi connectivity index (χ1v) is 7.02. The number of halogens is 2. The number of nitrogens with two attached hydrogens (primary N) is 1. The van der Waals surface area contributed by atoms with E-state index in [0.717, 1.165) is 52.0 Å². The number of piperazine rings is 1. The Hall–Kier alpha value is -0.260. The second-order valence-electron chi connectivity index (χ2n) is 5.37. The molecule has 0 aromatic heterocycles.